The van der Waals surface area contributed by atoms with E-state index in [0.29, 0.717) is 19.1 Å². The van der Waals surface area contributed by atoms with Crippen molar-refractivity contribution in [1.82, 2.24) is 15.5 Å². The number of nitrogens with one attached hydrogen (secondary N) is 2. The molecule has 1 aliphatic rings. The van der Waals surface area contributed by atoms with E-state index in [9.17, 15) is 4.79 Å². The third kappa shape index (κ3) is 4.47. The van der Waals surface area contributed by atoms with Crippen molar-refractivity contribution >= 4 is 5.91 Å². The molecular formula is C11H24N4O. The van der Waals surface area contributed by atoms with Gasteiger partial charge in [-0.25, -0.2) is 0 Å². The molecule has 0 aromatic heterocycles. The van der Waals surface area contributed by atoms with Crippen LogP contribution in [-0.4, -0.2) is 56.1 Å². The van der Waals surface area contributed by atoms with Crippen LogP contribution in [0.2, 0.25) is 0 Å². The first-order valence-corrected chi connectivity index (χ1v) is 6.19. The van der Waals surface area contributed by atoms with Crippen molar-refractivity contribution in [2.75, 3.05) is 39.3 Å². The number of hydrogen-bond donors (Lipinski definition) is 3. The van der Waals surface area contributed by atoms with E-state index in [1.54, 1.807) is 0 Å². The Hall–Kier alpha value is -0.650. The Kier molecular flexibility index (Phi) is 6.37. The molecule has 0 aromatic rings. The summed E-state index contributed by atoms with van der Waals surface area (Å²) in [7, 11) is 0. The molecule has 0 aromatic carbocycles. The zero-order chi connectivity index (χ0) is 11.8. The van der Waals surface area contributed by atoms with Gasteiger partial charge in [0.1, 0.15) is 0 Å². The molecule has 4 N–H and O–H groups in total. The van der Waals surface area contributed by atoms with Gasteiger partial charge in [-0.2, -0.15) is 0 Å². The molecule has 1 aliphatic heterocycles. The van der Waals surface area contributed by atoms with Crippen LogP contribution in [0, 0.1) is 0 Å². The molecule has 5 nitrogen and oxygen atoms in total. The molecule has 1 unspecified atom stereocenters. The van der Waals surface area contributed by atoms with Crippen molar-refractivity contribution in [3.8, 4) is 0 Å². The number of carbonyl (C=O) groups excluding carboxylic acids is 1. The quantitative estimate of drug-likeness (QED) is 0.517. The monoisotopic (exact) mass is 228 g/mol. The van der Waals surface area contributed by atoms with E-state index in [1.807, 2.05) is 0 Å². The van der Waals surface area contributed by atoms with E-state index in [4.69, 9.17) is 5.73 Å². The maximum atomic E-state index is 11.6. The molecule has 1 amide bonds. The zero-order valence-corrected chi connectivity index (χ0v) is 10.2. The first-order chi connectivity index (χ1) is 7.77. The van der Waals surface area contributed by atoms with Gasteiger partial charge in [-0.3, -0.25) is 9.69 Å². The molecule has 0 saturated carbocycles. The molecule has 16 heavy (non-hydrogen) atoms. The van der Waals surface area contributed by atoms with E-state index < -0.39 is 0 Å². The van der Waals surface area contributed by atoms with Crippen molar-refractivity contribution in [2.24, 2.45) is 5.73 Å². The summed E-state index contributed by atoms with van der Waals surface area (Å²) in [4.78, 5) is 13.8. The van der Waals surface area contributed by atoms with Gasteiger partial charge in [0.05, 0.1) is 6.54 Å². The zero-order valence-electron chi connectivity index (χ0n) is 10.2. The average Bonchev–Trinajstić information content (AvgIpc) is 2.30. The van der Waals surface area contributed by atoms with Gasteiger partial charge >= 0.3 is 0 Å². The lowest BCUT2D eigenvalue weighted by atomic mass is 10.2. The second kappa shape index (κ2) is 7.60. The predicted octanol–water partition coefficient (Wildman–Crippen LogP) is -0.865. The smallest absolute Gasteiger partial charge is 0.234 e. The van der Waals surface area contributed by atoms with Crippen LogP contribution in [0.15, 0.2) is 0 Å². The standard InChI is InChI=1S/C11H24N4O/c1-2-3-4-14-11(16)9-15-6-5-13-8-10(15)7-12/h10,13H,2-9,12H2,1H3,(H,14,16). The highest BCUT2D eigenvalue weighted by Gasteiger charge is 2.22. The predicted molar refractivity (Wildman–Crippen MR) is 65.2 cm³/mol. The topological polar surface area (TPSA) is 70.4 Å². The summed E-state index contributed by atoms with van der Waals surface area (Å²) in [6.07, 6.45) is 2.16. The highest BCUT2D eigenvalue weighted by atomic mass is 16.2. The summed E-state index contributed by atoms with van der Waals surface area (Å²) >= 11 is 0. The van der Waals surface area contributed by atoms with Crippen molar-refractivity contribution in [2.45, 2.75) is 25.8 Å². The summed E-state index contributed by atoms with van der Waals surface area (Å²) in [5.41, 5.74) is 5.68. The van der Waals surface area contributed by atoms with E-state index in [1.165, 1.54) is 0 Å². The second-order valence-electron chi connectivity index (χ2n) is 4.27. The van der Waals surface area contributed by atoms with Gasteiger partial charge in [0.15, 0.2) is 0 Å². The highest BCUT2D eigenvalue weighted by Crippen LogP contribution is 2.00. The number of rotatable bonds is 6. The highest BCUT2D eigenvalue weighted by molar-refractivity contribution is 5.78. The van der Waals surface area contributed by atoms with Crippen molar-refractivity contribution in [3.05, 3.63) is 0 Å². The van der Waals surface area contributed by atoms with Crippen LogP contribution in [0.4, 0.5) is 0 Å². The summed E-state index contributed by atoms with van der Waals surface area (Å²) in [5.74, 6) is 0.119. The Morgan fingerprint density at radius 3 is 3.12 bits per heavy atom. The van der Waals surface area contributed by atoms with Gasteiger partial charge in [-0.15, -0.1) is 0 Å². The Bertz CT molecular complexity index is 210. The lowest BCUT2D eigenvalue weighted by molar-refractivity contribution is -0.122. The number of piperazine rings is 1. The summed E-state index contributed by atoms with van der Waals surface area (Å²) in [6.45, 7) is 6.73. The summed E-state index contributed by atoms with van der Waals surface area (Å²) in [5, 5.41) is 6.22. The normalized spacial score (nSPS) is 22.0. The third-order valence-corrected chi connectivity index (χ3v) is 2.94. The van der Waals surface area contributed by atoms with Crippen LogP contribution in [-0.2, 0) is 4.79 Å². The molecule has 1 heterocycles. The van der Waals surface area contributed by atoms with E-state index in [2.05, 4.69) is 22.5 Å². The fraction of sp³-hybridized carbons (Fsp3) is 0.909. The molecule has 1 atom stereocenters. The fourth-order valence-electron chi connectivity index (χ4n) is 1.89. The number of hydrogen-bond acceptors (Lipinski definition) is 4. The van der Waals surface area contributed by atoms with Crippen LogP contribution in [0.25, 0.3) is 0 Å². The van der Waals surface area contributed by atoms with E-state index in [-0.39, 0.29) is 5.91 Å². The molecule has 0 radical (unpaired) electrons. The molecule has 1 rings (SSSR count). The lowest BCUT2D eigenvalue weighted by Gasteiger charge is -2.34. The van der Waals surface area contributed by atoms with Gasteiger partial charge in [-0.05, 0) is 6.42 Å². The van der Waals surface area contributed by atoms with Crippen LogP contribution in [0.5, 0.6) is 0 Å². The van der Waals surface area contributed by atoms with Crippen LogP contribution < -0.4 is 16.4 Å². The molecular weight excluding hydrogens is 204 g/mol. The maximum absolute atomic E-state index is 11.6. The Labute approximate surface area is 97.7 Å². The van der Waals surface area contributed by atoms with Crippen LogP contribution in [0.3, 0.4) is 0 Å². The van der Waals surface area contributed by atoms with Crippen molar-refractivity contribution in [1.29, 1.82) is 0 Å². The first-order valence-electron chi connectivity index (χ1n) is 6.19. The van der Waals surface area contributed by atoms with Crippen molar-refractivity contribution < 1.29 is 4.79 Å². The first kappa shape index (κ1) is 13.4. The van der Waals surface area contributed by atoms with Gasteiger partial charge in [0, 0.05) is 38.8 Å². The molecule has 0 bridgehead atoms. The number of amides is 1. The molecule has 5 heteroatoms. The lowest BCUT2D eigenvalue weighted by Crippen LogP contribution is -2.56. The second-order valence-corrected chi connectivity index (χ2v) is 4.27. The SMILES string of the molecule is CCCCNC(=O)CN1CCNCC1CN. The summed E-state index contributed by atoms with van der Waals surface area (Å²) < 4.78 is 0. The number of carbonyl (C=O) groups is 1. The fourth-order valence-corrected chi connectivity index (χ4v) is 1.89. The molecule has 1 fully saturated rings. The number of nitrogens with zero attached hydrogens (tertiary/aromatic N) is 1. The minimum absolute atomic E-state index is 0.119. The number of unbranched alkanes of at least 4 members (excludes halogenated alkanes) is 1. The molecule has 0 aliphatic carbocycles. The third-order valence-electron chi connectivity index (χ3n) is 2.94. The van der Waals surface area contributed by atoms with Crippen LogP contribution >= 0.6 is 0 Å². The Morgan fingerprint density at radius 2 is 2.44 bits per heavy atom. The Morgan fingerprint density at radius 1 is 1.62 bits per heavy atom. The van der Waals surface area contributed by atoms with Gasteiger partial charge in [0.25, 0.3) is 0 Å². The van der Waals surface area contributed by atoms with E-state index in [0.717, 1.165) is 39.0 Å². The molecule has 0 spiro atoms. The average molecular weight is 228 g/mol. The van der Waals surface area contributed by atoms with Gasteiger partial charge in [0.2, 0.25) is 5.91 Å². The van der Waals surface area contributed by atoms with Gasteiger partial charge in [-0.1, -0.05) is 13.3 Å². The minimum Gasteiger partial charge on any atom is -0.355 e. The largest absolute Gasteiger partial charge is 0.355 e. The van der Waals surface area contributed by atoms with E-state index >= 15 is 0 Å². The Balaban J connectivity index is 2.25. The molecule has 1 saturated heterocycles. The van der Waals surface area contributed by atoms with Crippen LogP contribution in [0.1, 0.15) is 19.8 Å². The summed E-state index contributed by atoms with van der Waals surface area (Å²) in [6, 6.07) is 0.297. The minimum atomic E-state index is 0.119. The maximum Gasteiger partial charge on any atom is 0.234 e. The van der Waals surface area contributed by atoms with Crippen molar-refractivity contribution in [3.63, 3.8) is 0 Å². The number of nitrogens with two attached hydrogens (primary N) is 1. The molecule has 94 valence electrons. The van der Waals surface area contributed by atoms with Gasteiger partial charge < -0.3 is 16.4 Å².